The highest BCUT2D eigenvalue weighted by molar-refractivity contribution is 8.00. The molecule has 0 aliphatic carbocycles. The molecule has 0 aromatic carbocycles. The lowest BCUT2D eigenvalue weighted by Crippen LogP contribution is -2.52. The summed E-state index contributed by atoms with van der Waals surface area (Å²) in [5, 5.41) is 0. The summed E-state index contributed by atoms with van der Waals surface area (Å²) in [6.45, 7) is 7.06. The third-order valence-electron chi connectivity index (χ3n) is 4.79. The number of piperidine rings is 1. The number of likely N-dealkylation sites (N-methyl/N-ethyl adjacent to an activating group) is 1. The van der Waals surface area contributed by atoms with E-state index in [2.05, 4.69) is 23.1 Å². The summed E-state index contributed by atoms with van der Waals surface area (Å²) < 4.78 is 0.243. The molecule has 2 aliphatic rings. The summed E-state index contributed by atoms with van der Waals surface area (Å²) in [6, 6.07) is 0. The fourth-order valence-electron chi connectivity index (χ4n) is 2.96. The van der Waals surface area contributed by atoms with Crippen LogP contribution in [-0.4, -0.2) is 91.0 Å². The lowest BCUT2D eigenvalue weighted by atomic mass is 9.96. The van der Waals surface area contributed by atoms with Gasteiger partial charge < -0.3 is 15.5 Å². The normalized spacial score (nSPS) is 24.9. The number of likely N-dealkylation sites (tertiary alicyclic amines) is 1. The number of rotatable bonds is 4. The summed E-state index contributed by atoms with van der Waals surface area (Å²) in [5.74, 6) is 0.294. The van der Waals surface area contributed by atoms with E-state index in [0.29, 0.717) is 12.5 Å². The molecular formula is C14H28N4OS. The van der Waals surface area contributed by atoms with E-state index >= 15 is 0 Å². The Balaban J connectivity index is 1.76. The first kappa shape index (κ1) is 16.1. The van der Waals surface area contributed by atoms with Crippen molar-refractivity contribution in [3.63, 3.8) is 0 Å². The lowest BCUT2D eigenvalue weighted by Gasteiger charge is -2.40. The molecule has 116 valence electrons. The van der Waals surface area contributed by atoms with Gasteiger partial charge in [-0.25, -0.2) is 0 Å². The van der Waals surface area contributed by atoms with Gasteiger partial charge in [-0.3, -0.25) is 9.69 Å². The first-order chi connectivity index (χ1) is 9.58. The van der Waals surface area contributed by atoms with Crippen molar-refractivity contribution in [2.45, 2.75) is 17.6 Å². The van der Waals surface area contributed by atoms with Crippen molar-refractivity contribution in [2.75, 3.05) is 65.7 Å². The Morgan fingerprint density at radius 1 is 1.15 bits per heavy atom. The Labute approximate surface area is 126 Å². The van der Waals surface area contributed by atoms with Crippen LogP contribution in [0.15, 0.2) is 0 Å². The maximum absolute atomic E-state index is 12.3. The molecule has 5 nitrogen and oxygen atoms in total. The van der Waals surface area contributed by atoms with Crippen LogP contribution in [0.5, 0.6) is 0 Å². The predicted molar refractivity (Wildman–Crippen MR) is 85.1 cm³/mol. The fourth-order valence-corrected chi connectivity index (χ4v) is 3.71. The van der Waals surface area contributed by atoms with Crippen molar-refractivity contribution in [1.82, 2.24) is 14.7 Å². The third kappa shape index (κ3) is 3.87. The molecule has 2 heterocycles. The van der Waals surface area contributed by atoms with Gasteiger partial charge in [0.25, 0.3) is 0 Å². The van der Waals surface area contributed by atoms with Crippen LogP contribution in [0.2, 0.25) is 0 Å². The van der Waals surface area contributed by atoms with Crippen LogP contribution >= 0.6 is 11.8 Å². The molecule has 0 saturated carbocycles. The summed E-state index contributed by atoms with van der Waals surface area (Å²) in [6.07, 6.45) is 4.35. The van der Waals surface area contributed by atoms with Gasteiger partial charge in [0.1, 0.15) is 0 Å². The maximum Gasteiger partial charge on any atom is 0.236 e. The molecule has 0 atom stereocenters. The number of nitrogens with two attached hydrogens (primary N) is 1. The van der Waals surface area contributed by atoms with E-state index in [0.717, 1.165) is 58.7 Å². The molecule has 1 amide bonds. The molecule has 0 aromatic rings. The molecule has 0 bridgehead atoms. The molecule has 0 unspecified atom stereocenters. The van der Waals surface area contributed by atoms with Crippen LogP contribution in [0.25, 0.3) is 0 Å². The monoisotopic (exact) mass is 300 g/mol. The number of carbonyl (C=O) groups is 1. The smallest absolute Gasteiger partial charge is 0.236 e. The summed E-state index contributed by atoms with van der Waals surface area (Å²) in [4.78, 5) is 18.9. The minimum atomic E-state index is 0.243. The summed E-state index contributed by atoms with van der Waals surface area (Å²) >= 11 is 1.89. The van der Waals surface area contributed by atoms with Gasteiger partial charge in [0.05, 0.1) is 6.54 Å². The summed E-state index contributed by atoms with van der Waals surface area (Å²) in [7, 11) is 2.11. The number of hydrogen-bond acceptors (Lipinski definition) is 5. The number of amides is 1. The van der Waals surface area contributed by atoms with Crippen LogP contribution < -0.4 is 5.73 Å². The van der Waals surface area contributed by atoms with Crippen LogP contribution in [0.3, 0.4) is 0 Å². The number of thioether (sulfide) groups is 1. The number of hydrogen-bond donors (Lipinski definition) is 1. The second kappa shape index (κ2) is 7.11. The first-order valence-corrected chi connectivity index (χ1v) is 8.75. The van der Waals surface area contributed by atoms with E-state index in [1.165, 1.54) is 0 Å². The first-order valence-electron chi connectivity index (χ1n) is 7.52. The number of carbonyl (C=O) groups excluding carboxylic acids is 1. The highest BCUT2D eigenvalue weighted by Gasteiger charge is 2.33. The SMILES string of the molecule is CSC1(CN)CCN(CC(=O)N2CCN(C)CC2)CC1. The van der Waals surface area contributed by atoms with Crippen LogP contribution in [0.1, 0.15) is 12.8 Å². The largest absolute Gasteiger partial charge is 0.339 e. The van der Waals surface area contributed by atoms with E-state index in [9.17, 15) is 4.79 Å². The molecule has 2 fully saturated rings. The number of piperazine rings is 1. The Kier molecular flexibility index (Phi) is 5.72. The fraction of sp³-hybridized carbons (Fsp3) is 0.929. The Bertz CT molecular complexity index is 317. The predicted octanol–water partition coefficient (Wildman–Crippen LogP) is -0.0833. The third-order valence-corrected chi connectivity index (χ3v) is 6.23. The van der Waals surface area contributed by atoms with Gasteiger partial charge in [0, 0.05) is 50.6 Å². The minimum Gasteiger partial charge on any atom is -0.339 e. The Morgan fingerprint density at radius 3 is 2.25 bits per heavy atom. The second-order valence-corrected chi connectivity index (χ2v) is 7.33. The zero-order valence-electron chi connectivity index (χ0n) is 12.8. The van der Waals surface area contributed by atoms with Crippen molar-refractivity contribution in [3.05, 3.63) is 0 Å². The van der Waals surface area contributed by atoms with E-state index in [4.69, 9.17) is 5.73 Å². The van der Waals surface area contributed by atoms with Crippen LogP contribution in [-0.2, 0) is 4.79 Å². The van der Waals surface area contributed by atoms with Gasteiger partial charge in [-0.1, -0.05) is 0 Å². The topological polar surface area (TPSA) is 52.8 Å². The van der Waals surface area contributed by atoms with Gasteiger partial charge in [-0.2, -0.15) is 11.8 Å². The average Bonchev–Trinajstić information content (AvgIpc) is 2.49. The van der Waals surface area contributed by atoms with Gasteiger partial charge in [0.15, 0.2) is 0 Å². The average molecular weight is 300 g/mol. The van der Waals surface area contributed by atoms with Crippen molar-refractivity contribution < 1.29 is 4.79 Å². The maximum atomic E-state index is 12.3. The van der Waals surface area contributed by atoms with Crippen molar-refractivity contribution >= 4 is 17.7 Å². The second-order valence-electron chi connectivity index (χ2n) is 6.05. The van der Waals surface area contributed by atoms with Crippen LogP contribution in [0, 0.1) is 0 Å². The molecular weight excluding hydrogens is 272 g/mol. The molecule has 2 N–H and O–H groups in total. The Morgan fingerprint density at radius 2 is 1.75 bits per heavy atom. The highest BCUT2D eigenvalue weighted by Crippen LogP contribution is 2.33. The van der Waals surface area contributed by atoms with Crippen molar-refractivity contribution in [3.8, 4) is 0 Å². The van der Waals surface area contributed by atoms with Gasteiger partial charge in [-0.05, 0) is 26.1 Å². The molecule has 0 spiro atoms. The van der Waals surface area contributed by atoms with Crippen molar-refractivity contribution in [1.29, 1.82) is 0 Å². The van der Waals surface area contributed by atoms with Gasteiger partial charge in [-0.15, -0.1) is 0 Å². The highest BCUT2D eigenvalue weighted by atomic mass is 32.2. The minimum absolute atomic E-state index is 0.243. The number of nitrogens with zero attached hydrogens (tertiary/aromatic N) is 3. The molecule has 2 aliphatic heterocycles. The molecule has 0 radical (unpaired) electrons. The zero-order valence-corrected chi connectivity index (χ0v) is 13.6. The van der Waals surface area contributed by atoms with E-state index in [-0.39, 0.29) is 4.75 Å². The molecule has 2 rings (SSSR count). The molecule has 6 heteroatoms. The zero-order chi connectivity index (χ0) is 14.6. The van der Waals surface area contributed by atoms with Gasteiger partial charge >= 0.3 is 0 Å². The van der Waals surface area contributed by atoms with Crippen LogP contribution in [0.4, 0.5) is 0 Å². The van der Waals surface area contributed by atoms with E-state index in [1.54, 1.807) is 0 Å². The molecule has 20 heavy (non-hydrogen) atoms. The van der Waals surface area contributed by atoms with E-state index in [1.807, 2.05) is 16.7 Å². The quantitative estimate of drug-likeness (QED) is 0.787. The molecule has 2 saturated heterocycles. The van der Waals surface area contributed by atoms with Crippen molar-refractivity contribution in [2.24, 2.45) is 5.73 Å². The molecule has 0 aromatic heterocycles. The standard InChI is InChI=1S/C14H28N4OS/c1-16-7-9-18(10-8-16)13(19)11-17-5-3-14(12-15,20-2)4-6-17/h3-12,15H2,1-2H3. The lowest BCUT2D eigenvalue weighted by molar-refractivity contribution is -0.134. The van der Waals surface area contributed by atoms with E-state index < -0.39 is 0 Å². The van der Waals surface area contributed by atoms with Gasteiger partial charge in [0.2, 0.25) is 5.91 Å². The Hall–Kier alpha value is -0.300. The summed E-state index contributed by atoms with van der Waals surface area (Å²) in [5.41, 5.74) is 5.91.